The molecule has 0 aliphatic rings. The van der Waals surface area contributed by atoms with Gasteiger partial charge in [-0.15, -0.1) is 0 Å². The molecular weight excluding hydrogens is 352 g/mol. The molecule has 1 heterocycles. The van der Waals surface area contributed by atoms with Gasteiger partial charge in [0.15, 0.2) is 0 Å². The van der Waals surface area contributed by atoms with E-state index in [9.17, 15) is 4.79 Å². The number of halogens is 1. The first-order valence-corrected chi connectivity index (χ1v) is 8.65. The lowest BCUT2D eigenvalue weighted by Gasteiger charge is -2.07. The Balaban J connectivity index is 1.59. The normalized spacial score (nSPS) is 10.5. The molecule has 0 aliphatic carbocycles. The first-order chi connectivity index (χ1) is 12.6. The maximum Gasteiger partial charge on any atom is 0.343 e. The van der Waals surface area contributed by atoms with Crippen LogP contribution in [0.5, 0.6) is 5.75 Å². The highest BCUT2D eigenvalue weighted by molar-refractivity contribution is 6.32. The first kappa shape index (κ1) is 18.0. The number of ether oxygens (including phenoxy) is 2. The van der Waals surface area contributed by atoms with Crippen LogP contribution in [0, 0.1) is 6.92 Å². The number of benzene rings is 2. The summed E-state index contributed by atoms with van der Waals surface area (Å²) in [6, 6.07) is 19.1. The van der Waals surface area contributed by atoms with Crippen LogP contribution in [0.2, 0.25) is 5.15 Å². The molecule has 0 unspecified atom stereocenters. The number of hydrogen-bond donors (Lipinski definition) is 0. The summed E-state index contributed by atoms with van der Waals surface area (Å²) in [5.74, 6) is 0.233. The first-order valence-electron chi connectivity index (χ1n) is 8.27. The van der Waals surface area contributed by atoms with E-state index >= 15 is 0 Å². The molecule has 1 aromatic heterocycles. The number of aromatic nitrogens is 2. The summed E-state index contributed by atoms with van der Waals surface area (Å²) < 4.78 is 12.4. The monoisotopic (exact) mass is 370 g/mol. The van der Waals surface area contributed by atoms with Crippen LogP contribution >= 0.6 is 11.6 Å². The zero-order valence-electron chi connectivity index (χ0n) is 14.4. The van der Waals surface area contributed by atoms with E-state index in [1.165, 1.54) is 0 Å². The number of carbonyl (C=O) groups excluding carboxylic acids is 1. The lowest BCUT2D eigenvalue weighted by atomic mass is 10.2. The van der Waals surface area contributed by atoms with Gasteiger partial charge in [0.25, 0.3) is 0 Å². The number of carbonyl (C=O) groups is 1. The highest BCUT2D eigenvalue weighted by atomic mass is 35.5. The maximum absolute atomic E-state index is 12.3. The van der Waals surface area contributed by atoms with Crippen LogP contribution < -0.4 is 4.74 Å². The average Bonchev–Trinajstić information content (AvgIpc) is 2.94. The third-order valence-electron chi connectivity index (χ3n) is 3.77. The summed E-state index contributed by atoms with van der Waals surface area (Å²) in [6.45, 7) is 2.63. The summed E-state index contributed by atoms with van der Waals surface area (Å²) in [7, 11) is 0. The van der Waals surface area contributed by atoms with Crippen molar-refractivity contribution < 1.29 is 14.3 Å². The largest absolute Gasteiger partial charge is 0.490 e. The Labute approximate surface area is 157 Å². The van der Waals surface area contributed by atoms with Gasteiger partial charge in [-0.2, -0.15) is 5.10 Å². The highest BCUT2D eigenvalue weighted by Crippen LogP contribution is 2.22. The lowest BCUT2D eigenvalue weighted by molar-refractivity contribution is 0.0449. The fourth-order valence-corrected chi connectivity index (χ4v) is 2.84. The fourth-order valence-electron chi connectivity index (χ4n) is 2.53. The molecule has 26 heavy (non-hydrogen) atoms. The number of nitrogens with zero attached hydrogens (tertiary/aromatic N) is 2. The Morgan fingerprint density at radius 3 is 2.38 bits per heavy atom. The highest BCUT2D eigenvalue weighted by Gasteiger charge is 2.21. The molecule has 0 fully saturated rings. The van der Waals surface area contributed by atoms with Crippen LogP contribution in [0.25, 0.3) is 0 Å². The molecule has 0 bridgehead atoms. The maximum atomic E-state index is 12.3. The molecule has 3 rings (SSSR count). The van der Waals surface area contributed by atoms with E-state index < -0.39 is 5.97 Å². The van der Waals surface area contributed by atoms with E-state index in [-0.39, 0.29) is 18.4 Å². The van der Waals surface area contributed by atoms with Crippen LogP contribution in [0.4, 0.5) is 0 Å². The zero-order valence-corrected chi connectivity index (χ0v) is 15.1. The molecule has 0 saturated carbocycles. The Hall–Kier alpha value is -2.79. The minimum Gasteiger partial charge on any atom is -0.490 e. The molecule has 3 aromatic rings. The van der Waals surface area contributed by atoms with Gasteiger partial charge in [-0.05, 0) is 24.6 Å². The van der Waals surface area contributed by atoms with Crippen molar-refractivity contribution in [2.45, 2.75) is 13.5 Å². The van der Waals surface area contributed by atoms with E-state index in [1.807, 2.05) is 60.7 Å². The SMILES string of the molecule is Cc1nn(Cc2ccccc2)c(Cl)c1C(=O)OCCOc1ccccc1. The van der Waals surface area contributed by atoms with Crippen molar-refractivity contribution >= 4 is 17.6 Å². The minimum absolute atomic E-state index is 0.132. The predicted octanol–water partition coefficient (Wildman–Crippen LogP) is 4.13. The average molecular weight is 371 g/mol. The summed E-state index contributed by atoms with van der Waals surface area (Å²) >= 11 is 6.35. The van der Waals surface area contributed by atoms with Crippen molar-refractivity contribution in [1.29, 1.82) is 0 Å². The molecular formula is C20H19ClN2O3. The lowest BCUT2D eigenvalue weighted by Crippen LogP contribution is -2.13. The van der Waals surface area contributed by atoms with Gasteiger partial charge in [-0.3, -0.25) is 0 Å². The van der Waals surface area contributed by atoms with Crippen molar-refractivity contribution in [1.82, 2.24) is 9.78 Å². The van der Waals surface area contributed by atoms with Crippen molar-refractivity contribution in [3.63, 3.8) is 0 Å². The number of hydrogen-bond acceptors (Lipinski definition) is 4. The molecule has 0 spiro atoms. The quantitative estimate of drug-likeness (QED) is 0.463. The van der Waals surface area contributed by atoms with E-state index in [0.29, 0.717) is 17.8 Å². The van der Waals surface area contributed by atoms with Gasteiger partial charge in [-0.25, -0.2) is 9.48 Å². The van der Waals surface area contributed by atoms with Crippen LogP contribution in [-0.4, -0.2) is 29.0 Å². The Morgan fingerprint density at radius 1 is 1.04 bits per heavy atom. The van der Waals surface area contributed by atoms with Gasteiger partial charge in [0.05, 0.1) is 12.2 Å². The third-order valence-corrected chi connectivity index (χ3v) is 4.16. The van der Waals surface area contributed by atoms with Crippen molar-refractivity contribution in [3.05, 3.63) is 82.6 Å². The van der Waals surface area contributed by atoms with Gasteiger partial charge in [-0.1, -0.05) is 60.1 Å². The van der Waals surface area contributed by atoms with E-state index in [2.05, 4.69) is 5.10 Å². The van der Waals surface area contributed by atoms with Crippen molar-refractivity contribution in [2.75, 3.05) is 13.2 Å². The molecule has 0 N–H and O–H groups in total. The van der Waals surface area contributed by atoms with E-state index in [0.717, 1.165) is 11.3 Å². The van der Waals surface area contributed by atoms with Gasteiger partial charge >= 0.3 is 5.97 Å². The van der Waals surface area contributed by atoms with Gasteiger partial charge < -0.3 is 9.47 Å². The van der Waals surface area contributed by atoms with Crippen molar-refractivity contribution in [3.8, 4) is 5.75 Å². The van der Waals surface area contributed by atoms with Crippen LogP contribution in [0.15, 0.2) is 60.7 Å². The second-order valence-corrected chi connectivity index (χ2v) is 6.05. The predicted molar refractivity (Wildman–Crippen MR) is 99.7 cm³/mol. The van der Waals surface area contributed by atoms with Crippen LogP contribution in [0.1, 0.15) is 21.6 Å². The Bertz CT molecular complexity index is 864. The Morgan fingerprint density at radius 2 is 1.69 bits per heavy atom. The van der Waals surface area contributed by atoms with Gasteiger partial charge in [0.2, 0.25) is 0 Å². The topological polar surface area (TPSA) is 53.4 Å². The second kappa shape index (κ2) is 8.54. The summed E-state index contributed by atoms with van der Waals surface area (Å²) in [5.41, 5.74) is 1.88. The van der Waals surface area contributed by atoms with E-state index in [4.69, 9.17) is 21.1 Å². The third kappa shape index (κ3) is 4.43. The minimum atomic E-state index is -0.497. The number of esters is 1. The van der Waals surface area contributed by atoms with Crippen LogP contribution in [0.3, 0.4) is 0 Å². The summed E-state index contributed by atoms with van der Waals surface area (Å²) in [5, 5.41) is 4.63. The molecule has 5 nitrogen and oxygen atoms in total. The van der Waals surface area contributed by atoms with Gasteiger partial charge in [0.1, 0.15) is 29.7 Å². The zero-order chi connectivity index (χ0) is 18.4. The Kier molecular flexibility index (Phi) is 5.92. The van der Waals surface area contributed by atoms with Gasteiger partial charge in [0, 0.05) is 0 Å². The molecule has 0 amide bonds. The smallest absolute Gasteiger partial charge is 0.343 e. The number of para-hydroxylation sites is 1. The molecule has 0 aliphatic heterocycles. The second-order valence-electron chi connectivity index (χ2n) is 5.69. The van der Waals surface area contributed by atoms with Crippen LogP contribution in [-0.2, 0) is 11.3 Å². The standard InChI is InChI=1S/C20H19ClN2O3/c1-15-18(19(21)23(22-15)14-16-8-4-2-5-9-16)20(24)26-13-12-25-17-10-6-3-7-11-17/h2-11H,12-14H2,1H3. The number of aryl methyl sites for hydroxylation is 1. The molecule has 0 saturated heterocycles. The number of rotatable bonds is 7. The molecule has 0 atom stereocenters. The molecule has 0 radical (unpaired) electrons. The van der Waals surface area contributed by atoms with E-state index in [1.54, 1.807) is 11.6 Å². The molecule has 134 valence electrons. The molecule has 2 aromatic carbocycles. The summed E-state index contributed by atoms with van der Waals surface area (Å²) in [4.78, 5) is 12.3. The van der Waals surface area contributed by atoms with Crippen molar-refractivity contribution in [2.24, 2.45) is 0 Å². The fraction of sp³-hybridized carbons (Fsp3) is 0.200. The molecule has 6 heteroatoms. The summed E-state index contributed by atoms with van der Waals surface area (Å²) in [6.07, 6.45) is 0.